The largest absolute Gasteiger partial charge is 0.324 e. The molecule has 0 spiro atoms. The Morgan fingerprint density at radius 2 is 2.06 bits per heavy atom. The van der Waals surface area contributed by atoms with Gasteiger partial charge in [-0.3, -0.25) is 0 Å². The fourth-order valence-electron chi connectivity index (χ4n) is 1.83. The molecule has 0 fully saturated rings. The van der Waals surface area contributed by atoms with Gasteiger partial charge in [0.15, 0.2) is 0 Å². The number of aryl methyl sites for hydroxylation is 2. The Hall–Kier alpha value is -1.20. The summed E-state index contributed by atoms with van der Waals surface area (Å²) < 4.78 is 2.85. The molecule has 17 heavy (non-hydrogen) atoms. The van der Waals surface area contributed by atoms with Crippen molar-refractivity contribution in [3.8, 4) is 5.69 Å². The highest BCUT2D eigenvalue weighted by Gasteiger charge is 2.12. The molecule has 2 N–H and O–H groups in total. The molecule has 2 aromatic rings. The number of aromatic nitrogens is 3. The van der Waals surface area contributed by atoms with Gasteiger partial charge in [-0.05, 0) is 44.5 Å². The fourth-order valence-corrected chi connectivity index (χ4v) is 2.21. The summed E-state index contributed by atoms with van der Waals surface area (Å²) in [6, 6.07) is 5.96. The molecule has 0 aliphatic heterocycles. The van der Waals surface area contributed by atoms with E-state index in [1.807, 2.05) is 43.7 Å². The first-order chi connectivity index (χ1) is 7.99. The lowest BCUT2D eigenvalue weighted by Gasteiger charge is -2.13. The van der Waals surface area contributed by atoms with Gasteiger partial charge < -0.3 is 5.73 Å². The fraction of sp³-hybridized carbons (Fsp3) is 0.333. The Morgan fingerprint density at radius 3 is 2.59 bits per heavy atom. The summed E-state index contributed by atoms with van der Waals surface area (Å²) in [5.41, 5.74) is 8.03. The van der Waals surface area contributed by atoms with Crippen LogP contribution in [0.2, 0.25) is 0 Å². The topological polar surface area (TPSA) is 56.7 Å². The normalized spacial score (nSPS) is 12.8. The third-order valence-corrected chi connectivity index (χ3v) is 3.08. The Labute approximate surface area is 109 Å². The second-order valence-corrected chi connectivity index (χ2v) is 5.03. The molecule has 1 aromatic carbocycles. The van der Waals surface area contributed by atoms with Crippen molar-refractivity contribution in [2.24, 2.45) is 5.73 Å². The second kappa shape index (κ2) is 4.58. The summed E-state index contributed by atoms with van der Waals surface area (Å²) >= 11 is 3.46. The van der Waals surface area contributed by atoms with Crippen molar-refractivity contribution in [1.29, 1.82) is 0 Å². The molecule has 1 heterocycles. The lowest BCUT2D eigenvalue weighted by Crippen LogP contribution is -2.11. The summed E-state index contributed by atoms with van der Waals surface area (Å²) in [7, 11) is 0. The van der Waals surface area contributed by atoms with Crippen LogP contribution in [0.1, 0.15) is 30.2 Å². The van der Waals surface area contributed by atoms with Gasteiger partial charge in [0.05, 0.1) is 5.69 Å². The highest BCUT2D eigenvalue weighted by atomic mass is 79.9. The SMILES string of the molecule is Cc1nc(C)n(-c2ccc(Br)cc2C(C)N)n1. The first kappa shape index (κ1) is 12.3. The maximum atomic E-state index is 6.00. The molecule has 1 unspecified atom stereocenters. The zero-order chi connectivity index (χ0) is 12.6. The van der Waals surface area contributed by atoms with Gasteiger partial charge >= 0.3 is 0 Å². The summed E-state index contributed by atoms with van der Waals surface area (Å²) in [4.78, 5) is 4.31. The third-order valence-electron chi connectivity index (χ3n) is 2.58. The van der Waals surface area contributed by atoms with Crippen molar-refractivity contribution < 1.29 is 0 Å². The molecule has 0 aliphatic carbocycles. The minimum atomic E-state index is -0.0496. The monoisotopic (exact) mass is 294 g/mol. The maximum absolute atomic E-state index is 6.00. The molecular formula is C12H15BrN4. The second-order valence-electron chi connectivity index (χ2n) is 4.11. The van der Waals surface area contributed by atoms with Gasteiger partial charge in [-0.25, -0.2) is 9.67 Å². The summed E-state index contributed by atoms with van der Waals surface area (Å²) in [5.74, 6) is 1.63. The number of halogens is 1. The first-order valence-corrected chi connectivity index (χ1v) is 6.24. The Morgan fingerprint density at radius 1 is 1.35 bits per heavy atom. The van der Waals surface area contributed by atoms with E-state index in [2.05, 4.69) is 26.0 Å². The number of hydrogen-bond donors (Lipinski definition) is 1. The van der Waals surface area contributed by atoms with E-state index >= 15 is 0 Å². The van der Waals surface area contributed by atoms with Gasteiger partial charge in [-0.2, -0.15) is 5.10 Å². The van der Waals surface area contributed by atoms with Gasteiger partial charge in [0.1, 0.15) is 11.6 Å². The van der Waals surface area contributed by atoms with Gasteiger partial charge in [0, 0.05) is 10.5 Å². The van der Waals surface area contributed by atoms with E-state index < -0.39 is 0 Å². The van der Waals surface area contributed by atoms with E-state index in [-0.39, 0.29) is 6.04 Å². The number of hydrogen-bond acceptors (Lipinski definition) is 3. The van der Waals surface area contributed by atoms with Crippen molar-refractivity contribution in [3.63, 3.8) is 0 Å². The summed E-state index contributed by atoms with van der Waals surface area (Å²) in [5, 5.41) is 4.39. The van der Waals surface area contributed by atoms with Crippen LogP contribution in [0.15, 0.2) is 22.7 Å². The lowest BCUT2D eigenvalue weighted by atomic mass is 10.1. The van der Waals surface area contributed by atoms with Gasteiger partial charge in [-0.15, -0.1) is 0 Å². The number of benzene rings is 1. The van der Waals surface area contributed by atoms with E-state index in [1.54, 1.807) is 0 Å². The average molecular weight is 295 g/mol. The van der Waals surface area contributed by atoms with Crippen LogP contribution in [-0.2, 0) is 0 Å². The predicted octanol–water partition coefficient (Wildman–Crippen LogP) is 2.67. The van der Waals surface area contributed by atoms with E-state index in [0.717, 1.165) is 27.4 Å². The van der Waals surface area contributed by atoms with E-state index in [4.69, 9.17) is 5.73 Å². The Kier molecular flexibility index (Phi) is 3.31. The summed E-state index contributed by atoms with van der Waals surface area (Å²) in [6.45, 7) is 5.78. The van der Waals surface area contributed by atoms with Crippen LogP contribution in [0.4, 0.5) is 0 Å². The minimum absolute atomic E-state index is 0.0496. The number of rotatable bonds is 2. The van der Waals surface area contributed by atoms with E-state index in [0.29, 0.717) is 0 Å². The molecule has 90 valence electrons. The van der Waals surface area contributed by atoms with E-state index in [9.17, 15) is 0 Å². The predicted molar refractivity (Wildman–Crippen MR) is 71.1 cm³/mol. The zero-order valence-corrected chi connectivity index (χ0v) is 11.7. The molecule has 0 radical (unpaired) electrons. The molecule has 0 bridgehead atoms. The van der Waals surface area contributed by atoms with Crippen LogP contribution < -0.4 is 5.73 Å². The smallest absolute Gasteiger partial charge is 0.148 e. The molecule has 1 aromatic heterocycles. The van der Waals surface area contributed by atoms with Crippen molar-refractivity contribution in [2.45, 2.75) is 26.8 Å². The van der Waals surface area contributed by atoms with E-state index in [1.165, 1.54) is 0 Å². The molecule has 5 heteroatoms. The van der Waals surface area contributed by atoms with Crippen LogP contribution in [-0.4, -0.2) is 14.8 Å². The van der Waals surface area contributed by atoms with Crippen LogP contribution in [0.5, 0.6) is 0 Å². The van der Waals surface area contributed by atoms with Crippen LogP contribution in [0.3, 0.4) is 0 Å². The van der Waals surface area contributed by atoms with Crippen molar-refractivity contribution in [1.82, 2.24) is 14.8 Å². The number of nitrogens with two attached hydrogens (primary N) is 1. The van der Waals surface area contributed by atoms with Gasteiger partial charge in [0.2, 0.25) is 0 Å². The standard InChI is InChI=1S/C12H15BrN4/c1-7(14)11-6-10(13)4-5-12(11)17-9(3)15-8(2)16-17/h4-7H,14H2,1-3H3. The Balaban J connectivity index is 2.62. The van der Waals surface area contributed by atoms with Crippen molar-refractivity contribution in [2.75, 3.05) is 0 Å². The highest BCUT2D eigenvalue weighted by Crippen LogP contribution is 2.24. The molecule has 0 amide bonds. The molecule has 2 rings (SSSR count). The first-order valence-electron chi connectivity index (χ1n) is 5.44. The minimum Gasteiger partial charge on any atom is -0.324 e. The third kappa shape index (κ3) is 2.40. The maximum Gasteiger partial charge on any atom is 0.148 e. The van der Waals surface area contributed by atoms with Gasteiger partial charge in [0.25, 0.3) is 0 Å². The van der Waals surface area contributed by atoms with Crippen LogP contribution in [0, 0.1) is 13.8 Å². The summed E-state index contributed by atoms with van der Waals surface area (Å²) in [6.07, 6.45) is 0. The Bertz CT molecular complexity index is 545. The van der Waals surface area contributed by atoms with Crippen LogP contribution in [0.25, 0.3) is 5.69 Å². The highest BCUT2D eigenvalue weighted by molar-refractivity contribution is 9.10. The molecular weight excluding hydrogens is 280 g/mol. The van der Waals surface area contributed by atoms with Crippen molar-refractivity contribution >= 4 is 15.9 Å². The molecule has 4 nitrogen and oxygen atoms in total. The number of nitrogens with zero attached hydrogens (tertiary/aromatic N) is 3. The lowest BCUT2D eigenvalue weighted by molar-refractivity contribution is 0.764. The van der Waals surface area contributed by atoms with Crippen LogP contribution >= 0.6 is 15.9 Å². The quantitative estimate of drug-likeness (QED) is 0.926. The average Bonchev–Trinajstić information content (AvgIpc) is 2.57. The van der Waals surface area contributed by atoms with Gasteiger partial charge in [-0.1, -0.05) is 15.9 Å². The molecule has 0 saturated heterocycles. The van der Waals surface area contributed by atoms with Crippen molar-refractivity contribution in [3.05, 3.63) is 39.9 Å². The molecule has 0 saturated carbocycles. The molecule has 1 atom stereocenters. The zero-order valence-electron chi connectivity index (χ0n) is 10.1. The molecule has 0 aliphatic rings.